The second-order valence-electron chi connectivity index (χ2n) is 6.04. The van der Waals surface area contributed by atoms with E-state index in [9.17, 15) is 19.8 Å². The molecule has 2 N–H and O–H groups in total. The van der Waals surface area contributed by atoms with Crippen LogP contribution < -0.4 is 5.43 Å². The molecule has 0 saturated carbocycles. The highest BCUT2D eigenvalue weighted by atomic mass is 16.4. The van der Waals surface area contributed by atoms with Gasteiger partial charge in [-0.05, 0) is 41.4 Å². The fourth-order valence-corrected chi connectivity index (χ4v) is 3.19. The third-order valence-corrected chi connectivity index (χ3v) is 4.34. The standard InChI is InChI=1S/C20H11N3O5/c21-23-22-10-1-4-13(16(7-10)20(26)27)19-14-5-2-11(24)8-17(14)28-18-9-12(25)3-6-15(18)19/h1-9,24H,(H,26,27). The Labute approximate surface area is 156 Å². The smallest absolute Gasteiger partial charge is 0.336 e. The van der Waals surface area contributed by atoms with Crippen LogP contribution in [0.4, 0.5) is 5.69 Å². The van der Waals surface area contributed by atoms with Crippen molar-refractivity contribution in [1.82, 2.24) is 0 Å². The van der Waals surface area contributed by atoms with Crippen LogP contribution >= 0.6 is 0 Å². The van der Waals surface area contributed by atoms with Crippen molar-refractivity contribution in [2.45, 2.75) is 0 Å². The van der Waals surface area contributed by atoms with E-state index in [0.717, 1.165) is 0 Å². The molecular formula is C20H11N3O5. The molecule has 0 radical (unpaired) electrons. The minimum atomic E-state index is -1.20. The number of fused-ring (bicyclic) bond motifs is 2. The summed E-state index contributed by atoms with van der Waals surface area (Å²) < 4.78 is 5.76. The monoisotopic (exact) mass is 373 g/mol. The van der Waals surface area contributed by atoms with Gasteiger partial charge in [0.05, 0.1) is 5.56 Å². The van der Waals surface area contributed by atoms with Crippen LogP contribution in [-0.4, -0.2) is 16.2 Å². The summed E-state index contributed by atoms with van der Waals surface area (Å²) in [6, 6.07) is 13.0. The predicted molar refractivity (Wildman–Crippen MR) is 102 cm³/mol. The summed E-state index contributed by atoms with van der Waals surface area (Å²) in [6.07, 6.45) is 0. The first-order chi connectivity index (χ1) is 13.5. The van der Waals surface area contributed by atoms with E-state index in [4.69, 9.17) is 9.95 Å². The van der Waals surface area contributed by atoms with Crippen LogP contribution in [0.25, 0.3) is 43.9 Å². The van der Waals surface area contributed by atoms with E-state index in [-0.39, 0.29) is 28.2 Å². The highest BCUT2D eigenvalue weighted by Gasteiger charge is 2.22. The molecule has 0 atom stereocenters. The maximum Gasteiger partial charge on any atom is 0.336 e. The Morgan fingerprint density at radius 1 is 1.04 bits per heavy atom. The van der Waals surface area contributed by atoms with Crippen molar-refractivity contribution in [2.75, 3.05) is 0 Å². The molecule has 0 fully saturated rings. The Hall–Kier alpha value is -4.29. The van der Waals surface area contributed by atoms with Crippen molar-refractivity contribution >= 4 is 22.6 Å². The van der Waals surface area contributed by atoms with Crippen molar-refractivity contribution in [3.8, 4) is 28.2 Å². The first-order valence-electron chi connectivity index (χ1n) is 8.10. The number of carboxylic acid groups (broad SMARTS) is 1. The maximum absolute atomic E-state index is 11.9. The summed E-state index contributed by atoms with van der Waals surface area (Å²) in [6.45, 7) is 0. The lowest BCUT2D eigenvalue weighted by atomic mass is 9.90. The molecule has 0 spiro atoms. The van der Waals surface area contributed by atoms with Gasteiger partial charge in [-0.25, -0.2) is 4.79 Å². The van der Waals surface area contributed by atoms with Crippen molar-refractivity contribution < 1.29 is 19.4 Å². The van der Waals surface area contributed by atoms with Crippen LogP contribution in [-0.2, 0) is 0 Å². The van der Waals surface area contributed by atoms with Gasteiger partial charge in [-0.15, -0.1) is 0 Å². The van der Waals surface area contributed by atoms with E-state index in [2.05, 4.69) is 10.0 Å². The first-order valence-corrected chi connectivity index (χ1v) is 8.10. The van der Waals surface area contributed by atoms with E-state index < -0.39 is 5.97 Å². The highest BCUT2D eigenvalue weighted by Crippen LogP contribution is 2.42. The molecule has 0 unspecified atom stereocenters. The first kappa shape index (κ1) is 17.1. The van der Waals surface area contributed by atoms with Crippen LogP contribution in [0.15, 0.2) is 68.9 Å². The topological polar surface area (TPSA) is 136 Å². The van der Waals surface area contributed by atoms with Crippen LogP contribution in [0.5, 0.6) is 5.75 Å². The molecule has 1 aliphatic carbocycles. The maximum atomic E-state index is 11.9. The fourth-order valence-electron chi connectivity index (χ4n) is 3.19. The summed E-state index contributed by atoms with van der Waals surface area (Å²) in [5.41, 5.74) is 10.2. The minimum absolute atomic E-state index is 0.0306. The number of benzene rings is 3. The van der Waals surface area contributed by atoms with E-state index in [1.54, 1.807) is 18.2 Å². The van der Waals surface area contributed by atoms with Gasteiger partial charge in [0.15, 0.2) is 5.43 Å². The number of phenols is 1. The molecule has 0 saturated heterocycles. The van der Waals surface area contributed by atoms with Crippen LogP contribution in [0, 0.1) is 0 Å². The number of azide groups is 1. The molecular weight excluding hydrogens is 362 g/mol. The number of carbonyl (C=O) groups is 1. The minimum Gasteiger partial charge on any atom is -0.508 e. The second-order valence-corrected chi connectivity index (χ2v) is 6.04. The largest absolute Gasteiger partial charge is 0.508 e. The van der Waals surface area contributed by atoms with E-state index >= 15 is 0 Å². The van der Waals surface area contributed by atoms with Gasteiger partial charge in [0.25, 0.3) is 0 Å². The fraction of sp³-hybridized carbons (Fsp3) is 0. The third-order valence-electron chi connectivity index (χ3n) is 4.34. The summed E-state index contributed by atoms with van der Waals surface area (Å²) in [5.74, 6) is -0.973. The van der Waals surface area contributed by atoms with E-state index in [1.165, 1.54) is 36.4 Å². The van der Waals surface area contributed by atoms with Crippen LogP contribution in [0.3, 0.4) is 0 Å². The van der Waals surface area contributed by atoms with Gasteiger partial charge in [-0.3, -0.25) is 4.79 Å². The Bertz CT molecular complexity index is 1340. The zero-order valence-electron chi connectivity index (χ0n) is 14.2. The molecule has 1 heterocycles. The van der Waals surface area contributed by atoms with E-state index in [1.807, 2.05) is 0 Å². The highest BCUT2D eigenvalue weighted by molar-refractivity contribution is 6.07. The van der Waals surface area contributed by atoms with Gasteiger partial charge in [-0.1, -0.05) is 17.2 Å². The molecule has 2 aromatic carbocycles. The van der Waals surface area contributed by atoms with Crippen molar-refractivity contribution in [1.29, 1.82) is 0 Å². The summed E-state index contributed by atoms with van der Waals surface area (Å²) in [5, 5.41) is 23.5. The Kier molecular flexibility index (Phi) is 3.95. The number of rotatable bonds is 3. The Morgan fingerprint density at radius 3 is 2.57 bits per heavy atom. The molecule has 2 aliphatic rings. The summed E-state index contributed by atoms with van der Waals surface area (Å²) >= 11 is 0. The lowest BCUT2D eigenvalue weighted by Crippen LogP contribution is -2.03. The Balaban J connectivity index is 2.17. The quantitative estimate of drug-likeness (QED) is 0.227. The average Bonchev–Trinajstić information content (AvgIpc) is 2.66. The van der Waals surface area contributed by atoms with E-state index in [0.29, 0.717) is 27.7 Å². The molecule has 136 valence electrons. The average molecular weight is 373 g/mol. The van der Waals surface area contributed by atoms with Crippen LogP contribution in [0.1, 0.15) is 10.4 Å². The molecule has 1 aliphatic heterocycles. The van der Waals surface area contributed by atoms with Crippen molar-refractivity contribution in [3.63, 3.8) is 0 Å². The number of carboxylic acids is 1. The number of hydrogen-bond acceptors (Lipinski definition) is 5. The number of aromatic hydroxyl groups is 1. The zero-order valence-corrected chi connectivity index (χ0v) is 14.2. The SMILES string of the molecule is [N-]=[N+]=Nc1ccc(-c2c3ccc(=O)cc-3oc3cc(O)ccc23)c(C(=O)O)c1. The lowest BCUT2D eigenvalue weighted by molar-refractivity contribution is 0.0697. The summed E-state index contributed by atoms with van der Waals surface area (Å²) in [4.78, 5) is 26.3. The van der Waals surface area contributed by atoms with Gasteiger partial charge in [0.1, 0.15) is 17.1 Å². The predicted octanol–water partition coefficient (Wildman–Crippen LogP) is 4.91. The van der Waals surface area contributed by atoms with Gasteiger partial charge in [0, 0.05) is 39.2 Å². The zero-order chi connectivity index (χ0) is 19.8. The number of aromatic carboxylic acids is 1. The molecule has 8 nitrogen and oxygen atoms in total. The normalized spacial score (nSPS) is 10.7. The van der Waals surface area contributed by atoms with Crippen molar-refractivity contribution in [3.05, 3.63) is 80.8 Å². The molecule has 2 aromatic rings. The van der Waals surface area contributed by atoms with Gasteiger partial charge < -0.3 is 14.6 Å². The molecule has 4 rings (SSSR count). The molecule has 28 heavy (non-hydrogen) atoms. The summed E-state index contributed by atoms with van der Waals surface area (Å²) in [7, 11) is 0. The second kappa shape index (κ2) is 6.46. The molecule has 0 amide bonds. The van der Waals surface area contributed by atoms with Gasteiger partial charge >= 0.3 is 5.97 Å². The third kappa shape index (κ3) is 2.80. The van der Waals surface area contributed by atoms with Gasteiger partial charge in [0.2, 0.25) is 0 Å². The van der Waals surface area contributed by atoms with Crippen LogP contribution in [0.2, 0.25) is 0 Å². The number of phenolic OH excluding ortho intramolecular Hbond substituents is 1. The van der Waals surface area contributed by atoms with Crippen molar-refractivity contribution in [2.24, 2.45) is 5.11 Å². The molecule has 8 heteroatoms. The molecule has 0 aromatic heterocycles. The lowest BCUT2D eigenvalue weighted by Gasteiger charge is -2.17. The number of hydrogen-bond donors (Lipinski definition) is 2. The molecule has 0 bridgehead atoms. The number of nitrogens with zero attached hydrogens (tertiary/aromatic N) is 3. The van der Waals surface area contributed by atoms with Gasteiger partial charge in [-0.2, -0.15) is 0 Å². The Morgan fingerprint density at radius 2 is 1.82 bits per heavy atom.